The highest BCUT2D eigenvalue weighted by molar-refractivity contribution is 5.35. The molecule has 0 unspecified atom stereocenters. The molecule has 0 fully saturated rings. The molecule has 0 aliphatic carbocycles. The van der Waals surface area contributed by atoms with Crippen molar-refractivity contribution in [3.05, 3.63) is 52.2 Å². The van der Waals surface area contributed by atoms with E-state index in [0.717, 1.165) is 18.7 Å². The van der Waals surface area contributed by atoms with Gasteiger partial charge < -0.3 is 15.0 Å². The average Bonchev–Trinajstić information content (AvgIpc) is 2.86. The zero-order chi connectivity index (χ0) is 13.8. The number of likely N-dealkylation sites (N-methyl/N-ethyl adjacent to an activating group) is 1. The normalized spacial score (nSPS) is 10.9. The summed E-state index contributed by atoms with van der Waals surface area (Å²) >= 11 is 0. The molecule has 1 heterocycles. The fourth-order valence-electron chi connectivity index (χ4n) is 1.72. The number of aromatic nitrogens is 2. The quantitative estimate of drug-likeness (QED) is 0.608. The van der Waals surface area contributed by atoms with Crippen LogP contribution >= 0.6 is 0 Å². The maximum Gasteiger partial charge on any atom is 0.390 e. The summed E-state index contributed by atoms with van der Waals surface area (Å²) in [6.45, 7) is 0.993. The number of hydrogen-bond acceptors (Lipinski definition) is 4. The number of hydrogen-bond donors (Lipinski definition) is 0. The molecule has 2 aromatic rings. The highest BCUT2D eigenvalue weighted by Gasteiger charge is 2.11. The third-order valence-corrected chi connectivity index (χ3v) is 2.81. The molecule has 0 radical (unpaired) electrons. The van der Waals surface area contributed by atoms with Crippen LogP contribution in [0.25, 0.3) is 5.69 Å². The van der Waals surface area contributed by atoms with Gasteiger partial charge >= 0.3 is 5.82 Å². The third-order valence-electron chi connectivity index (χ3n) is 2.81. The third kappa shape index (κ3) is 3.38. The van der Waals surface area contributed by atoms with E-state index in [4.69, 9.17) is 0 Å². The van der Waals surface area contributed by atoms with Crippen LogP contribution < -0.4 is 0 Å². The molecule has 1 aromatic heterocycles. The van der Waals surface area contributed by atoms with Crippen LogP contribution in [0, 0.1) is 10.1 Å². The molecule has 0 atom stereocenters. The number of nitro groups is 1. The standard InChI is InChI=1S/C13H16N4O2/c1-15(2)9-7-11-3-5-12(6-4-11)16-10-8-13(14-16)17(18)19/h3-6,8,10H,7,9H2,1-2H3. The first-order valence-electron chi connectivity index (χ1n) is 6.00. The predicted molar refractivity (Wildman–Crippen MR) is 72.5 cm³/mol. The first-order chi connectivity index (χ1) is 9.06. The average molecular weight is 260 g/mol. The first-order valence-corrected chi connectivity index (χ1v) is 6.00. The fraction of sp³-hybridized carbons (Fsp3) is 0.308. The molecule has 0 aliphatic rings. The van der Waals surface area contributed by atoms with Crippen LogP contribution in [-0.2, 0) is 6.42 Å². The Hall–Kier alpha value is -2.21. The van der Waals surface area contributed by atoms with E-state index >= 15 is 0 Å². The number of benzene rings is 1. The molecule has 6 nitrogen and oxygen atoms in total. The minimum atomic E-state index is -0.498. The van der Waals surface area contributed by atoms with Crippen LogP contribution in [0.4, 0.5) is 5.82 Å². The molecule has 0 saturated heterocycles. The Balaban J connectivity index is 2.10. The van der Waals surface area contributed by atoms with Gasteiger partial charge in [0.05, 0.1) is 23.0 Å². The molecule has 0 N–H and O–H groups in total. The lowest BCUT2D eigenvalue weighted by atomic mass is 10.1. The monoisotopic (exact) mass is 260 g/mol. The van der Waals surface area contributed by atoms with Gasteiger partial charge in [0.25, 0.3) is 0 Å². The van der Waals surface area contributed by atoms with Crippen molar-refractivity contribution >= 4 is 5.82 Å². The zero-order valence-corrected chi connectivity index (χ0v) is 11.0. The lowest BCUT2D eigenvalue weighted by Crippen LogP contribution is -2.15. The highest BCUT2D eigenvalue weighted by Crippen LogP contribution is 2.13. The van der Waals surface area contributed by atoms with Crippen LogP contribution in [0.15, 0.2) is 36.5 Å². The van der Waals surface area contributed by atoms with Crippen LogP contribution in [-0.4, -0.2) is 40.2 Å². The molecule has 0 saturated carbocycles. The van der Waals surface area contributed by atoms with Crippen molar-refractivity contribution in [1.82, 2.24) is 14.7 Å². The van der Waals surface area contributed by atoms with Gasteiger partial charge in [-0.3, -0.25) is 0 Å². The second-order valence-electron chi connectivity index (χ2n) is 4.60. The Morgan fingerprint density at radius 3 is 2.47 bits per heavy atom. The van der Waals surface area contributed by atoms with Crippen molar-refractivity contribution in [2.24, 2.45) is 0 Å². The van der Waals surface area contributed by atoms with Gasteiger partial charge in [-0.05, 0) is 43.1 Å². The highest BCUT2D eigenvalue weighted by atomic mass is 16.6. The van der Waals surface area contributed by atoms with Crippen LogP contribution in [0.3, 0.4) is 0 Å². The summed E-state index contributed by atoms with van der Waals surface area (Å²) in [5.41, 5.74) is 2.06. The maximum atomic E-state index is 10.6. The number of nitrogens with zero attached hydrogens (tertiary/aromatic N) is 4. The summed E-state index contributed by atoms with van der Waals surface area (Å²) in [5, 5.41) is 14.5. The Morgan fingerprint density at radius 2 is 1.95 bits per heavy atom. The van der Waals surface area contributed by atoms with Crippen LogP contribution in [0.2, 0.25) is 0 Å². The Labute approximate surface area is 111 Å². The van der Waals surface area contributed by atoms with Crippen LogP contribution in [0.1, 0.15) is 5.56 Å². The van der Waals surface area contributed by atoms with Crippen molar-refractivity contribution in [3.63, 3.8) is 0 Å². The minimum Gasteiger partial charge on any atom is -0.358 e. The summed E-state index contributed by atoms with van der Waals surface area (Å²) in [6, 6.07) is 9.27. The number of rotatable bonds is 5. The van der Waals surface area contributed by atoms with E-state index in [2.05, 4.69) is 10.00 Å². The van der Waals surface area contributed by atoms with Crippen molar-refractivity contribution < 1.29 is 4.92 Å². The van der Waals surface area contributed by atoms with E-state index in [9.17, 15) is 10.1 Å². The van der Waals surface area contributed by atoms with E-state index in [1.807, 2.05) is 38.4 Å². The van der Waals surface area contributed by atoms with Gasteiger partial charge in [-0.1, -0.05) is 12.1 Å². The summed E-state index contributed by atoms with van der Waals surface area (Å²) in [6.07, 6.45) is 2.57. The SMILES string of the molecule is CN(C)CCc1ccc(-n2ccc([N+](=O)[O-])n2)cc1. The van der Waals surface area contributed by atoms with E-state index in [1.54, 1.807) is 6.20 Å². The van der Waals surface area contributed by atoms with E-state index in [1.165, 1.54) is 16.3 Å². The Kier molecular flexibility index (Phi) is 3.91. The molecule has 0 spiro atoms. The molecule has 6 heteroatoms. The largest absolute Gasteiger partial charge is 0.390 e. The molecule has 2 rings (SSSR count). The van der Waals surface area contributed by atoms with Gasteiger partial charge in [-0.15, -0.1) is 4.68 Å². The van der Waals surface area contributed by atoms with Gasteiger partial charge in [0.15, 0.2) is 0 Å². The van der Waals surface area contributed by atoms with E-state index in [0.29, 0.717) is 0 Å². The van der Waals surface area contributed by atoms with Crippen LogP contribution in [0.5, 0.6) is 0 Å². The van der Waals surface area contributed by atoms with Crippen molar-refractivity contribution in [2.45, 2.75) is 6.42 Å². The summed E-state index contributed by atoms with van der Waals surface area (Å²) in [5.74, 6) is -0.142. The van der Waals surface area contributed by atoms with Gasteiger partial charge in [0.1, 0.15) is 0 Å². The molecule has 19 heavy (non-hydrogen) atoms. The molecule has 100 valence electrons. The summed E-state index contributed by atoms with van der Waals surface area (Å²) < 4.78 is 1.51. The minimum absolute atomic E-state index is 0.142. The second-order valence-corrected chi connectivity index (χ2v) is 4.60. The molecule has 0 bridgehead atoms. The Morgan fingerprint density at radius 1 is 1.26 bits per heavy atom. The first kappa shape index (κ1) is 13.2. The lowest BCUT2D eigenvalue weighted by molar-refractivity contribution is -0.389. The van der Waals surface area contributed by atoms with E-state index < -0.39 is 4.92 Å². The van der Waals surface area contributed by atoms with E-state index in [-0.39, 0.29) is 5.82 Å². The Bertz CT molecular complexity index is 560. The molecule has 0 aliphatic heterocycles. The zero-order valence-electron chi connectivity index (χ0n) is 11.0. The molecule has 1 aromatic carbocycles. The smallest absolute Gasteiger partial charge is 0.358 e. The topological polar surface area (TPSA) is 64.2 Å². The van der Waals surface area contributed by atoms with Gasteiger partial charge in [-0.25, -0.2) is 0 Å². The second kappa shape index (κ2) is 5.62. The lowest BCUT2D eigenvalue weighted by Gasteiger charge is -2.09. The van der Waals surface area contributed by atoms with Gasteiger partial charge in [0, 0.05) is 6.54 Å². The predicted octanol–water partition coefficient (Wildman–Crippen LogP) is 1.88. The fourth-order valence-corrected chi connectivity index (χ4v) is 1.72. The molecular formula is C13H16N4O2. The molecule has 0 amide bonds. The van der Waals surface area contributed by atoms with Gasteiger partial charge in [0.2, 0.25) is 0 Å². The summed E-state index contributed by atoms with van der Waals surface area (Å²) in [4.78, 5) is 12.2. The molecular weight excluding hydrogens is 244 g/mol. The van der Waals surface area contributed by atoms with Crippen molar-refractivity contribution in [3.8, 4) is 5.69 Å². The van der Waals surface area contributed by atoms with Crippen molar-refractivity contribution in [1.29, 1.82) is 0 Å². The maximum absolute atomic E-state index is 10.6. The van der Waals surface area contributed by atoms with Gasteiger partial charge in [-0.2, -0.15) is 0 Å². The van der Waals surface area contributed by atoms with Crippen molar-refractivity contribution in [2.75, 3.05) is 20.6 Å². The summed E-state index contributed by atoms with van der Waals surface area (Å²) in [7, 11) is 4.08.